The summed E-state index contributed by atoms with van der Waals surface area (Å²) < 4.78 is 24.9. The van der Waals surface area contributed by atoms with Crippen molar-refractivity contribution < 1.29 is 18.3 Å². The summed E-state index contributed by atoms with van der Waals surface area (Å²) in [4.78, 5) is 12.1. The predicted octanol–water partition coefficient (Wildman–Crippen LogP) is 2.62. The lowest BCUT2D eigenvalue weighted by molar-refractivity contribution is -0.119. The van der Waals surface area contributed by atoms with Gasteiger partial charge in [0.05, 0.1) is 23.2 Å². The number of anilines is 1. The van der Waals surface area contributed by atoms with Gasteiger partial charge in [-0.3, -0.25) is 9.10 Å². The molecule has 0 heterocycles. The summed E-state index contributed by atoms with van der Waals surface area (Å²) in [6.45, 7) is -0.545. The van der Waals surface area contributed by atoms with E-state index in [9.17, 15) is 18.3 Å². The summed E-state index contributed by atoms with van der Waals surface area (Å²) in [6.07, 6.45) is 2.19. The van der Waals surface area contributed by atoms with Crippen molar-refractivity contribution in [1.82, 2.24) is 5.43 Å². The first-order valence-electron chi connectivity index (χ1n) is 7.21. The molecule has 2 rings (SSSR count). The number of halogens is 2. The van der Waals surface area contributed by atoms with E-state index >= 15 is 0 Å². The molecule has 0 saturated heterocycles. The Kier molecular flexibility index (Phi) is 6.47. The summed E-state index contributed by atoms with van der Waals surface area (Å²) in [7, 11) is -3.80. The van der Waals surface area contributed by atoms with Gasteiger partial charge in [-0.15, -0.1) is 0 Å². The third-order valence-electron chi connectivity index (χ3n) is 3.19. The van der Waals surface area contributed by atoms with Gasteiger partial charge < -0.3 is 5.11 Å². The highest BCUT2D eigenvalue weighted by Gasteiger charge is 2.23. The number of nitrogens with one attached hydrogen (secondary N) is 1. The minimum absolute atomic E-state index is 0.00558. The van der Waals surface area contributed by atoms with E-state index in [0.717, 1.165) is 10.6 Å². The molecule has 0 spiro atoms. The number of phenolic OH excluding ortho intramolecular Hbond substituents is 1. The van der Waals surface area contributed by atoms with Gasteiger partial charge >= 0.3 is 0 Å². The molecule has 0 saturated carbocycles. The van der Waals surface area contributed by atoms with Crippen LogP contribution in [-0.2, 0) is 14.8 Å². The van der Waals surface area contributed by atoms with E-state index in [1.807, 2.05) is 0 Å². The Labute approximate surface area is 160 Å². The number of hydrogen-bond acceptors (Lipinski definition) is 5. The van der Waals surface area contributed by atoms with Crippen LogP contribution >= 0.6 is 23.2 Å². The number of benzene rings is 2. The second-order valence-electron chi connectivity index (χ2n) is 5.22. The topological polar surface area (TPSA) is 99.1 Å². The van der Waals surface area contributed by atoms with Crippen molar-refractivity contribution in [3.63, 3.8) is 0 Å². The summed E-state index contributed by atoms with van der Waals surface area (Å²) in [5.41, 5.74) is 2.68. The van der Waals surface area contributed by atoms with E-state index in [1.54, 1.807) is 18.2 Å². The standard InChI is InChI=1S/C16H15Cl2N3O4S/c1-26(24,25)21(14-8-12(17)6-7-13(14)18)10-16(23)20-19-9-11-4-2-3-5-15(11)22/h2-9,22H,10H2,1H3,(H,20,23)/b19-9-. The van der Waals surface area contributed by atoms with Gasteiger partial charge in [-0.25, -0.2) is 13.8 Å². The van der Waals surface area contributed by atoms with Gasteiger partial charge in [-0.2, -0.15) is 5.10 Å². The van der Waals surface area contributed by atoms with Crippen molar-refractivity contribution in [1.29, 1.82) is 0 Å². The first-order chi connectivity index (χ1) is 12.2. The Morgan fingerprint density at radius 3 is 2.62 bits per heavy atom. The van der Waals surface area contributed by atoms with E-state index in [0.29, 0.717) is 5.56 Å². The molecule has 0 aliphatic rings. The zero-order chi connectivity index (χ0) is 19.3. The first kappa shape index (κ1) is 20.0. The maximum absolute atomic E-state index is 12.1. The molecule has 138 valence electrons. The molecule has 0 aliphatic heterocycles. The van der Waals surface area contributed by atoms with Crippen LogP contribution in [0.3, 0.4) is 0 Å². The smallest absolute Gasteiger partial charge is 0.260 e. The number of carbonyl (C=O) groups excluding carboxylic acids is 1. The molecule has 2 N–H and O–H groups in total. The van der Waals surface area contributed by atoms with Crippen LogP contribution in [0.5, 0.6) is 5.75 Å². The number of para-hydroxylation sites is 1. The molecule has 0 aromatic heterocycles. The van der Waals surface area contributed by atoms with Crippen LogP contribution in [0, 0.1) is 0 Å². The minimum Gasteiger partial charge on any atom is -0.507 e. The number of hydrazone groups is 1. The van der Waals surface area contributed by atoms with Crippen LogP contribution in [0.4, 0.5) is 5.69 Å². The average molecular weight is 416 g/mol. The molecule has 1 amide bonds. The molecule has 10 heteroatoms. The number of hydrogen-bond donors (Lipinski definition) is 2. The number of nitrogens with zero attached hydrogens (tertiary/aromatic N) is 2. The molecule has 0 bridgehead atoms. The van der Waals surface area contributed by atoms with Crippen molar-refractivity contribution in [3.8, 4) is 5.75 Å². The predicted molar refractivity (Wildman–Crippen MR) is 102 cm³/mol. The minimum atomic E-state index is -3.80. The van der Waals surface area contributed by atoms with Crippen molar-refractivity contribution in [2.45, 2.75) is 0 Å². The quantitative estimate of drug-likeness (QED) is 0.559. The van der Waals surface area contributed by atoms with Gasteiger partial charge in [0.2, 0.25) is 10.0 Å². The molecular formula is C16H15Cl2N3O4S. The normalized spacial score (nSPS) is 11.5. The number of phenols is 1. The lowest BCUT2D eigenvalue weighted by atomic mass is 10.2. The van der Waals surface area contributed by atoms with Crippen LogP contribution < -0.4 is 9.73 Å². The van der Waals surface area contributed by atoms with Crippen molar-refractivity contribution in [2.24, 2.45) is 5.10 Å². The Bertz CT molecular complexity index is 948. The van der Waals surface area contributed by atoms with Gasteiger partial charge in [0.1, 0.15) is 12.3 Å². The first-order valence-corrected chi connectivity index (χ1v) is 9.81. The Morgan fingerprint density at radius 2 is 1.96 bits per heavy atom. The molecule has 0 atom stereocenters. The summed E-state index contributed by atoms with van der Waals surface area (Å²) in [5, 5.41) is 13.7. The van der Waals surface area contributed by atoms with Crippen LogP contribution in [-0.4, -0.2) is 38.4 Å². The molecule has 7 nitrogen and oxygen atoms in total. The third-order valence-corrected chi connectivity index (χ3v) is 4.88. The number of sulfonamides is 1. The Hall–Kier alpha value is -2.29. The largest absolute Gasteiger partial charge is 0.507 e. The second kappa shape index (κ2) is 8.39. The van der Waals surface area contributed by atoms with Gasteiger partial charge in [0, 0.05) is 10.6 Å². The van der Waals surface area contributed by atoms with E-state index < -0.39 is 22.5 Å². The molecular weight excluding hydrogens is 401 g/mol. The fourth-order valence-corrected chi connectivity index (χ4v) is 3.29. The number of carbonyl (C=O) groups is 1. The zero-order valence-corrected chi connectivity index (χ0v) is 15.9. The van der Waals surface area contributed by atoms with Gasteiger partial charge in [0.15, 0.2) is 0 Å². The number of amides is 1. The molecule has 0 aliphatic carbocycles. The van der Waals surface area contributed by atoms with Crippen molar-refractivity contribution in [2.75, 3.05) is 17.1 Å². The van der Waals surface area contributed by atoms with Gasteiger partial charge in [-0.05, 0) is 30.3 Å². The lowest BCUT2D eigenvalue weighted by Gasteiger charge is -2.22. The SMILES string of the molecule is CS(=O)(=O)N(CC(=O)N/N=C\c1ccccc1O)c1cc(Cl)ccc1Cl. The van der Waals surface area contributed by atoms with Crippen LogP contribution in [0.25, 0.3) is 0 Å². The van der Waals surface area contributed by atoms with Crippen LogP contribution in [0.2, 0.25) is 10.0 Å². The highest BCUT2D eigenvalue weighted by molar-refractivity contribution is 7.92. The van der Waals surface area contributed by atoms with E-state index in [1.165, 1.54) is 30.5 Å². The highest BCUT2D eigenvalue weighted by atomic mass is 35.5. The summed E-state index contributed by atoms with van der Waals surface area (Å²) >= 11 is 11.9. The van der Waals surface area contributed by atoms with Gasteiger partial charge in [-0.1, -0.05) is 35.3 Å². The van der Waals surface area contributed by atoms with E-state index in [2.05, 4.69) is 10.5 Å². The summed E-state index contributed by atoms with van der Waals surface area (Å²) in [6, 6.07) is 10.7. The molecule has 0 radical (unpaired) electrons. The average Bonchev–Trinajstić information content (AvgIpc) is 2.56. The molecule has 0 fully saturated rings. The van der Waals surface area contributed by atoms with Crippen molar-refractivity contribution >= 4 is 51.0 Å². The van der Waals surface area contributed by atoms with E-state index in [-0.39, 0.29) is 21.5 Å². The molecule has 2 aromatic carbocycles. The van der Waals surface area contributed by atoms with Crippen molar-refractivity contribution in [3.05, 3.63) is 58.1 Å². The Morgan fingerprint density at radius 1 is 1.27 bits per heavy atom. The fraction of sp³-hybridized carbons (Fsp3) is 0.125. The second-order valence-corrected chi connectivity index (χ2v) is 7.97. The van der Waals surface area contributed by atoms with Gasteiger partial charge in [0.25, 0.3) is 5.91 Å². The summed E-state index contributed by atoms with van der Waals surface area (Å²) in [5.74, 6) is -0.702. The Balaban J connectivity index is 2.15. The van der Waals surface area contributed by atoms with Crippen LogP contribution in [0.15, 0.2) is 47.6 Å². The zero-order valence-electron chi connectivity index (χ0n) is 13.6. The fourth-order valence-electron chi connectivity index (χ4n) is 1.99. The van der Waals surface area contributed by atoms with Crippen LogP contribution in [0.1, 0.15) is 5.56 Å². The monoisotopic (exact) mass is 415 g/mol. The maximum atomic E-state index is 12.1. The third kappa shape index (κ3) is 5.35. The maximum Gasteiger partial charge on any atom is 0.260 e. The highest BCUT2D eigenvalue weighted by Crippen LogP contribution is 2.30. The lowest BCUT2D eigenvalue weighted by Crippen LogP contribution is -2.39. The number of rotatable bonds is 6. The van der Waals surface area contributed by atoms with E-state index in [4.69, 9.17) is 23.2 Å². The molecule has 0 unspecified atom stereocenters. The molecule has 2 aromatic rings. The molecule has 26 heavy (non-hydrogen) atoms. The number of aromatic hydroxyl groups is 1.